The predicted octanol–water partition coefficient (Wildman–Crippen LogP) is 2.22. The molecule has 11 nitrogen and oxygen atoms in total. The van der Waals surface area contributed by atoms with Gasteiger partial charge in [-0.05, 0) is 29.3 Å². The lowest BCUT2D eigenvalue weighted by molar-refractivity contribution is -0.385. The van der Waals surface area contributed by atoms with Crippen molar-refractivity contribution < 1.29 is 35.7 Å². The molecule has 0 saturated carbocycles. The van der Waals surface area contributed by atoms with Crippen LogP contribution in [0.5, 0.6) is 0 Å². The summed E-state index contributed by atoms with van der Waals surface area (Å²) in [6, 6.07) is 6.28. The summed E-state index contributed by atoms with van der Waals surface area (Å²) in [6.45, 7) is 1.20. The smallest absolute Gasteiger partial charge is 0.295 e. The molecule has 13 heteroatoms. The second-order valence-corrected chi connectivity index (χ2v) is 8.48. The molecule has 154 valence electrons. The maximum atomic E-state index is 11.6. The Labute approximate surface area is 165 Å². The molecular weight excluding hydrogens is 428 g/mol. The van der Waals surface area contributed by atoms with Crippen molar-refractivity contribution in [3.63, 3.8) is 0 Å². The van der Waals surface area contributed by atoms with Gasteiger partial charge in [-0.25, -0.2) is 0 Å². The Kier molecular flexibility index (Phi) is 6.18. The molecule has 0 aliphatic rings. The topological polar surface area (TPSA) is 181 Å². The SMILES string of the molecule is CC(=O)Nc1ccc(/C=C/c2ccc([N+](=O)[O-])cc2S(=O)(=O)O)c(S(=O)(=O)O)c1. The van der Waals surface area contributed by atoms with Gasteiger partial charge in [0, 0.05) is 24.7 Å². The van der Waals surface area contributed by atoms with Crippen LogP contribution in [0.3, 0.4) is 0 Å². The quantitative estimate of drug-likeness (QED) is 0.261. The van der Waals surface area contributed by atoms with Crippen LogP contribution in [-0.4, -0.2) is 36.8 Å². The Morgan fingerprint density at radius 1 is 0.966 bits per heavy atom. The van der Waals surface area contributed by atoms with Crippen LogP contribution in [0.1, 0.15) is 18.1 Å². The van der Waals surface area contributed by atoms with Crippen LogP contribution in [0.15, 0.2) is 46.2 Å². The number of amides is 1. The van der Waals surface area contributed by atoms with Gasteiger partial charge in [0.15, 0.2) is 0 Å². The zero-order chi connectivity index (χ0) is 22.0. The summed E-state index contributed by atoms with van der Waals surface area (Å²) < 4.78 is 65.1. The Bertz CT molecular complexity index is 1230. The van der Waals surface area contributed by atoms with Gasteiger partial charge < -0.3 is 5.32 Å². The number of anilines is 1. The number of carbonyl (C=O) groups excluding carboxylic acids is 1. The van der Waals surface area contributed by atoms with Gasteiger partial charge in [0.1, 0.15) is 9.79 Å². The van der Waals surface area contributed by atoms with E-state index < -0.39 is 46.5 Å². The summed E-state index contributed by atoms with van der Waals surface area (Å²) in [6.07, 6.45) is 2.21. The van der Waals surface area contributed by atoms with Gasteiger partial charge in [0.05, 0.1) is 4.92 Å². The number of nitro benzene ring substituents is 1. The van der Waals surface area contributed by atoms with Crippen molar-refractivity contribution in [3.05, 3.63) is 57.6 Å². The first kappa shape index (κ1) is 22.2. The van der Waals surface area contributed by atoms with Crippen molar-refractivity contribution in [2.24, 2.45) is 0 Å². The molecule has 0 atom stereocenters. The third kappa shape index (κ3) is 5.68. The Balaban J connectivity index is 2.59. The molecule has 0 aliphatic heterocycles. The summed E-state index contributed by atoms with van der Waals surface area (Å²) in [5.74, 6) is -0.474. The number of hydrogen-bond acceptors (Lipinski definition) is 7. The van der Waals surface area contributed by atoms with E-state index in [2.05, 4.69) is 5.32 Å². The lowest BCUT2D eigenvalue weighted by atomic mass is 10.1. The molecule has 0 saturated heterocycles. The number of rotatable bonds is 6. The van der Waals surface area contributed by atoms with Gasteiger partial charge in [0.25, 0.3) is 25.9 Å². The van der Waals surface area contributed by atoms with Crippen LogP contribution in [0.4, 0.5) is 11.4 Å². The lowest BCUT2D eigenvalue weighted by Crippen LogP contribution is -2.08. The highest BCUT2D eigenvalue weighted by molar-refractivity contribution is 7.86. The molecule has 0 unspecified atom stereocenters. The minimum absolute atomic E-state index is 0.0683. The summed E-state index contributed by atoms with van der Waals surface area (Å²) in [5.41, 5.74) is -0.712. The molecule has 0 spiro atoms. The van der Waals surface area contributed by atoms with Crippen molar-refractivity contribution in [2.75, 3.05) is 5.32 Å². The fourth-order valence-corrected chi connectivity index (χ4v) is 3.77. The van der Waals surface area contributed by atoms with E-state index in [-0.39, 0.29) is 16.8 Å². The maximum absolute atomic E-state index is 11.6. The number of benzene rings is 2. The molecule has 0 fully saturated rings. The Morgan fingerprint density at radius 2 is 1.45 bits per heavy atom. The third-order valence-electron chi connectivity index (χ3n) is 3.54. The molecule has 3 N–H and O–H groups in total. The van der Waals surface area contributed by atoms with Gasteiger partial charge >= 0.3 is 0 Å². The summed E-state index contributed by atoms with van der Waals surface area (Å²) in [5, 5.41) is 13.2. The molecule has 0 aliphatic carbocycles. The molecule has 1 amide bonds. The van der Waals surface area contributed by atoms with E-state index in [1.807, 2.05) is 0 Å². The van der Waals surface area contributed by atoms with Gasteiger partial charge in [-0.15, -0.1) is 0 Å². The first-order chi connectivity index (χ1) is 13.3. The molecule has 0 radical (unpaired) electrons. The molecular formula is C16H14N2O9S2. The number of nitro groups is 1. The van der Waals surface area contributed by atoms with Crippen LogP contribution in [0.25, 0.3) is 12.2 Å². The average Bonchev–Trinajstić information content (AvgIpc) is 2.58. The molecule has 2 aromatic rings. The molecule has 29 heavy (non-hydrogen) atoms. The minimum atomic E-state index is -4.82. The maximum Gasteiger partial charge on any atom is 0.295 e. The second kappa shape index (κ2) is 8.08. The number of hydrogen-bond donors (Lipinski definition) is 3. The van der Waals surface area contributed by atoms with Crippen molar-refractivity contribution in [3.8, 4) is 0 Å². The highest BCUT2D eigenvalue weighted by Crippen LogP contribution is 2.26. The van der Waals surface area contributed by atoms with E-state index in [0.29, 0.717) is 6.07 Å². The van der Waals surface area contributed by atoms with E-state index >= 15 is 0 Å². The van der Waals surface area contributed by atoms with Crippen LogP contribution in [0, 0.1) is 10.1 Å². The van der Waals surface area contributed by atoms with E-state index in [1.165, 1.54) is 19.1 Å². The number of carbonyl (C=O) groups is 1. The highest BCUT2D eigenvalue weighted by Gasteiger charge is 2.20. The molecule has 0 bridgehead atoms. The third-order valence-corrected chi connectivity index (χ3v) is 5.36. The number of nitrogens with one attached hydrogen (secondary N) is 1. The van der Waals surface area contributed by atoms with Crippen LogP contribution >= 0.6 is 0 Å². The highest BCUT2D eigenvalue weighted by atomic mass is 32.2. The zero-order valence-corrected chi connectivity index (χ0v) is 16.3. The monoisotopic (exact) mass is 442 g/mol. The summed E-state index contributed by atoms with van der Waals surface area (Å²) in [4.78, 5) is 19.8. The van der Waals surface area contributed by atoms with Gasteiger partial charge in [-0.3, -0.25) is 24.0 Å². The van der Waals surface area contributed by atoms with Crippen LogP contribution in [0.2, 0.25) is 0 Å². The van der Waals surface area contributed by atoms with Crippen LogP contribution in [-0.2, 0) is 25.0 Å². The first-order valence-corrected chi connectivity index (χ1v) is 10.5. The van der Waals surface area contributed by atoms with Crippen molar-refractivity contribution in [1.82, 2.24) is 0 Å². The van der Waals surface area contributed by atoms with E-state index in [1.54, 1.807) is 0 Å². The normalized spacial score (nSPS) is 12.1. The summed E-state index contributed by atoms with van der Waals surface area (Å²) in [7, 11) is -9.54. The molecule has 0 heterocycles. The van der Waals surface area contributed by atoms with Crippen molar-refractivity contribution in [1.29, 1.82) is 0 Å². The molecule has 2 aromatic carbocycles. The number of non-ortho nitro benzene ring substituents is 1. The van der Waals surface area contributed by atoms with Crippen molar-refractivity contribution >= 4 is 49.7 Å². The molecule has 2 rings (SSSR count). The zero-order valence-electron chi connectivity index (χ0n) is 14.6. The van der Waals surface area contributed by atoms with Crippen molar-refractivity contribution in [2.45, 2.75) is 16.7 Å². The Hall–Kier alpha value is -3.13. The van der Waals surface area contributed by atoms with Crippen LogP contribution < -0.4 is 5.32 Å². The minimum Gasteiger partial charge on any atom is -0.326 e. The second-order valence-electron chi connectivity index (χ2n) is 5.70. The summed E-state index contributed by atoms with van der Waals surface area (Å²) >= 11 is 0. The number of nitrogens with zero attached hydrogens (tertiary/aromatic N) is 1. The van der Waals surface area contributed by atoms with Gasteiger partial charge in [0.2, 0.25) is 5.91 Å². The van der Waals surface area contributed by atoms with Gasteiger partial charge in [-0.1, -0.05) is 18.2 Å². The average molecular weight is 442 g/mol. The van der Waals surface area contributed by atoms with E-state index in [9.17, 15) is 40.8 Å². The fourth-order valence-electron chi connectivity index (χ4n) is 2.35. The Morgan fingerprint density at radius 3 is 1.90 bits per heavy atom. The molecule has 0 aromatic heterocycles. The van der Waals surface area contributed by atoms with E-state index in [0.717, 1.165) is 30.4 Å². The predicted molar refractivity (Wildman–Crippen MR) is 102 cm³/mol. The standard InChI is InChI=1S/C16H14N2O9S2/c1-10(19)17-13-6-4-11(15(8-13)28(22,23)24)2-3-12-5-7-14(18(20)21)9-16(12)29(25,26)27/h2-9H,1H3,(H,17,19)(H,22,23,24)(H,25,26,27)/b3-2+. The van der Waals surface area contributed by atoms with Gasteiger partial charge in [-0.2, -0.15) is 16.8 Å². The fraction of sp³-hybridized carbons (Fsp3) is 0.0625. The largest absolute Gasteiger partial charge is 0.326 e. The first-order valence-electron chi connectivity index (χ1n) is 7.62. The lowest BCUT2D eigenvalue weighted by Gasteiger charge is -2.08. The van der Waals surface area contributed by atoms with E-state index in [4.69, 9.17) is 0 Å².